The van der Waals surface area contributed by atoms with Crippen LogP contribution < -0.4 is 11.1 Å². The first-order chi connectivity index (χ1) is 14.6. The number of aliphatic hydroxyl groups is 2. The molecule has 0 aliphatic heterocycles. The predicted molar refractivity (Wildman–Crippen MR) is 120 cm³/mol. The zero-order valence-electron chi connectivity index (χ0n) is 16.3. The first-order valence-electron chi connectivity index (χ1n) is 10.2. The fourth-order valence-corrected chi connectivity index (χ4v) is 5.06. The van der Waals surface area contributed by atoms with Gasteiger partial charge in [-0.1, -0.05) is 48.5 Å². The molecule has 4 aromatic rings. The molecule has 5 nitrogen and oxygen atoms in total. The van der Waals surface area contributed by atoms with Crippen LogP contribution in [0.15, 0.2) is 65.7 Å². The van der Waals surface area contributed by atoms with E-state index >= 15 is 0 Å². The SMILES string of the molecule is NC(=Nc1ccc2cccc3c2c1CC3O)Nc1ccc2cccc3c2c1CC3O. The zero-order valence-corrected chi connectivity index (χ0v) is 16.3. The molecule has 5 N–H and O–H groups in total. The highest BCUT2D eigenvalue weighted by atomic mass is 16.3. The number of guanidine groups is 1. The number of benzene rings is 4. The van der Waals surface area contributed by atoms with Crippen molar-refractivity contribution in [2.24, 2.45) is 10.7 Å². The molecule has 2 aliphatic carbocycles. The summed E-state index contributed by atoms with van der Waals surface area (Å²) in [4.78, 5) is 4.64. The lowest BCUT2D eigenvalue weighted by Gasteiger charge is -2.12. The van der Waals surface area contributed by atoms with Gasteiger partial charge in [-0.05, 0) is 55.9 Å². The van der Waals surface area contributed by atoms with E-state index in [1.807, 2.05) is 48.5 Å². The summed E-state index contributed by atoms with van der Waals surface area (Å²) in [6, 6.07) is 20.0. The Morgan fingerprint density at radius 1 is 0.800 bits per heavy atom. The lowest BCUT2D eigenvalue weighted by Crippen LogP contribution is -2.22. The Morgan fingerprint density at radius 2 is 1.40 bits per heavy atom. The molecule has 0 amide bonds. The van der Waals surface area contributed by atoms with Crippen molar-refractivity contribution in [2.45, 2.75) is 25.0 Å². The topological polar surface area (TPSA) is 90.9 Å². The first-order valence-corrected chi connectivity index (χ1v) is 10.2. The number of rotatable bonds is 2. The van der Waals surface area contributed by atoms with Crippen LogP contribution in [-0.4, -0.2) is 16.2 Å². The van der Waals surface area contributed by atoms with Gasteiger partial charge in [-0.25, -0.2) is 4.99 Å². The minimum absolute atomic E-state index is 0.291. The van der Waals surface area contributed by atoms with Crippen LogP contribution in [0.5, 0.6) is 0 Å². The molecule has 2 aliphatic rings. The molecule has 0 saturated heterocycles. The number of nitrogens with one attached hydrogen (secondary N) is 1. The normalized spacial score (nSPS) is 19.7. The van der Waals surface area contributed by atoms with E-state index in [-0.39, 0.29) is 0 Å². The van der Waals surface area contributed by atoms with E-state index in [1.54, 1.807) is 0 Å². The second kappa shape index (κ2) is 6.29. The van der Waals surface area contributed by atoms with Gasteiger partial charge in [0.2, 0.25) is 0 Å². The van der Waals surface area contributed by atoms with Gasteiger partial charge in [0.15, 0.2) is 5.96 Å². The number of hydrogen-bond donors (Lipinski definition) is 4. The van der Waals surface area contributed by atoms with Gasteiger partial charge in [0.05, 0.1) is 17.9 Å². The van der Waals surface area contributed by atoms with Crippen LogP contribution in [0, 0.1) is 0 Å². The van der Waals surface area contributed by atoms with Crippen LogP contribution in [0.4, 0.5) is 11.4 Å². The van der Waals surface area contributed by atoms with E-state index in [4.69, 9.17) is 5.73 Å². The number of nitrogens with zero attached hydrogens (tertiary/aromatic N) is 1. The van der Waals surface area contributed by atoms with Crippen LogP contribution in [-0.2, 0) is 12.8 Å². The highest BCUT2D eigenvalue weighted by Gasteiger charge is 2.26. The lowest BCUT2D eigenvalue weighted by atomic mass is 10.0. The van der Waals surface area contributed by atoms with Crippen LogP contribution in [0.3, 0.4) is 0 Å². The molecule has 0 saturated carbocycles. The molecule has 5 heteroatoms. The van der Waals surface area contributed by atoms with Crippen molar-refractivity contribution in [1.82, 2.24) is 0 Å². The third kappa shape index (κ3) is 2.46. The Balaban J connectivity index is 1.40. The number of nitrogens with two attached hydrogens (primary N) is 1. The maximum absolute atomic E-state index is 10.4. The fraction of sp³-hybridized carbons (Fsp3) is 0.160. The molecule has 2 atom stereocenters. The number of aliphatic hydroxyl groups excluding tert-OH is 2. The summed E-state index contributed by atoms with van der Waals surface area (Å²) in [5.41, 5.74) is 11.9. The molecule has 0 aromatic heterocycles. The summed E-state index contributed by atoms with van der Waals surface area (Å²) < 4.78 is 0. The summed E-state index contributed by atoms with van der Waals surface area (Å²) in [5.74, 6) is 0.291. The van der Waals surface area contributed by atoms with Gasteiger partial charge in [0.25, 0.3) is 0 Å². The van der Waals surface area contributed by atoms with Crippen LogP contribution in [0.25, 0.3) is 21.5 Å². The molecular formula is C25H21N3O2. The Hall–Kier alpha value is -3.41. The summed E-state index contributed by atoms with van der Waals surface area (Å²) in [6.45, 7) is 0. The highest BCUT2D eigenvalue weighted by Crippen LogP contribution is 2.42. The second-order valence-electron chi connectivity index (χ2n) is 8.11. The average molecular weight is 395 g/mol. The van der Waals surface area contributed by atoms with Crippen molar-refractivity contribution in [3.05, 3.63) is 82.9 Å². The van der Waals surface area contributed by atoms with Gasteiger partial charge < -0.3 is 21.3 Å². The molecule has 0 heterocycles. The quantitative estimate of drug-likeness (QED) is 0.302. The number of hydrogen-bond acceptors (Lipinski definition) is 3. The minimum atomic E-state index is -0.504. The molecule has 2 unspecified atom stereocenters. The molecule has 4 aromatic carbocycles. The molecule has 0 spiro atoms. The average Bonchev–Trinajstić information content (AvgIpc) is 3.27. The second-order valence-corrected chi connectivity index (χ2v) is 8.11. The largest absolute Gasteiger partial charge is 0.388 e. The van der Waals surface area contributed by atoms with Crippen LogP contribution >= 0.6 is 0 Å². The number of aliphatic imine (C=N–C) groups is 1. The summed E-state index contributed by atoms with van der Waals surface area (Å²) in [6.07, 6.45) is 0.101. The van der Waals surface area contributed by atoms with Crippen molar-refractivity contribution in [2.75, 3.05) is 5.32 Å². The van der Waals surface area contributed by atoms with Crippen molar-refractivity contribution >= 4 is 38.9 Å². The summed E-state index contributed by atoms with van der Waals surface area (Å²) >= 11 is 0. The molecule has 0 bridgehead atoms. The van der Waals surface area contributed by atoms with Gasteiger partial charge in [0, 0.05) is 18.5 Å². The minimum Gasteiger partial charge on any atom is -0.388 e. The molecule has 0 fully saturated rings. The lowest BCUT2D eigenvalue weighted by molar-refractivity contribution is 0.185. The Morgan fingerprint density at radius 3 is 2.10 bits per heavy atom. The maximum Gasteiger partial charge on any atom is 0.198 e. The Kier molecular flexibility index (Phi) is 3.66. The Bertz CT molecular complexity index is 1380. The molecule has 6 rings (SSSR count). The third-order valence-corrected chi connectivity index (χ3v) is 6.36. The molecule has 148 valence electrons. The van der Waals surface area contributed by atoms with Gasteiger partial charge in [-0.3, -0.25) is 0 Å². The van der Waals surface area contributed by atoms with Gasteiger partial charge in [0.1, 0.15) is 0 Å². The zero-order chi connectivity index (χ0) is 20.4. The van der Waals surface area contributed by atoms with Crippen LogP contribution in [0.2, 0.25) is 0 Å². The van der Waals surface area contributed by atoms with Crippen LogP contribution in [0.1, 0.15) is 34.5 Å². The molecular weight excluding hydrogens is 374 g/mol. The van der Waals surface area contributed by atoms with E-state index in [1.165, 1.54) is 0 Å². The predicted octanol–water partition coefficient (Wildman–Crippen LogP) is 4.23. The monoisotopic (exact) mass is 395 g/mol. The molecule has 30 heavy (non-hydrogen) atoms. The van der Waals surface area contributed by atoms with Gasteiger partial charge in [-0.15, -0.1) is 0 Å². The van der Waals surface area contributed by atoms with E-state index in [2.05, 4.69) is 22.4 Å². The standard InChI is InChI=1S/C25H21N3O2/c26-25(27-19-9-7-13-3-1-5-15-21(29)11-17(19)23(13)15)28-20-10-8-14-4-2-6-16-22(30)12-18(20)24(14)16/h1-10,21-22,29-30H,11-12H2,(H3,26,27,28). The highest BCUT2D eigenvalue weighted by molar-refractivity contribution is 6.02. The van der Waals surface area contributed by atoms with E-state index in [0.29, 0.717) is 18.8 Å². The molecule has 0 radical (unpaired) electrons. The summed E-state index contributed by atoms with van der Waals surface area (Å²) in [7, 11) is 0. The van der Waals surface area contributed by atoms with Gasteiger partial charge >= 0.3 is 0 Å². The number of anilines is 1. The van der Waals surface area contributed by atoms with E-state index in [0.717, 1.165) is 55.2 Å². The first kappa shape index (κ1) is 17.4. The van der Waals surface area contributed by atoms with Crippen molar-refractivity contribution in [3.63, 3.8) is 0 Å². The van der Waals surface area contributed by atoms with E-state index < -0.39 is 12.2 Å². The summed E-state index contributed by atoms with van der Waals surface area (Å²) in [5, 5.41) is 28.5. The third-order valence-electron chi connectivity index (χ3n) is 6.36. The van der Waals surface area contributed by atoms with Crippen molar-refractivity contribution in [3.8, 4) is 0 Å². The smallest absolute Gasteiger partial charge is 0.198 e. The van der Waals surface area contributed by atoms with Crippen molar-refractivity contribution < 1.29 is 10.2 Å². The van der Waals surface area contributed by atoms with E-state index in [9.17, 15) is 10.2 Å². The fourth-order valence-electron chi connectivity index (χ4n) is 5.06. The Labute approximate surface area is 173 Å². The van der Waals surface area contributed by atoms with Crippen molar-refractivity contribution in [1.29, 1.82) is 0 Å². The maximum atomic E-state index is 10.4. The van der Waals surface area contributed by atoms with Gasteiger partial charge in [-0.2, -0.15) is 0 Å².